The van der Waals surface area contributed by atoms with Crippen LogP contribution in [-0.2, 0) is 9.53 Å². The monoisotopic (exact) mass is 204 g/mol. The van der Waals surface area contributed by atoms with Crippen LogP contribution >= 0.6 is 24.8 Å². The molecule has 0 atom stereocenters. The zero-order valence-corrected chi connectivity index (χ0v) is 8.34. The second kappa shape index (κ2) is 6.67. The van der Waals surface area contributed by atoms with Gasteiger partial charge in [0.15, 0.2) is 0 Å². The van der Waals surface area contributed by atoms with Gasteiger partial charge in [0, 0.05) is 0 Å². The fourth-order valence-corrected chi connectivity index (χ4v) is 0.314. The molecule has 0 bridgehead atoms. The number of hydrogen-bond donors (Lipinski definition) is 2. The Balaban J connectivity index is -0.000000320. The number of carbonyl (C=O) groups is 1. The molecule has 0 spiro atoms. The first-order chi connectivity index (χ1) is 4.04. The fourth-order valence-electron chi connectivity index (χ4n) is 0.314. The molecule has 3 N–H and O–H groups in total. The number of hydrazine groups is 1. The predicted molar refractivity (Wildman–Crippen MR) is 47.9 cm³/mol. The number of halogens is 2. The summed E-state index contributed by atoms with van der Waals surface area (Å²) >= 11 is 0. The summed E-state index contributed by atoms with van der Waals surface area (Å²) in [7, 11) is 1.32. The molecule has 0 saturated carbocycles. The number of nitrogens with two attached hydrogens (primary N) is 1. The van der Waals surface area contributed by atoms with Gasteiger partial charge in [0.1, 0.15) is 5.54 Å². The molecule has 70 valence electrons. The number of carbonyl (C=O) groups excluding carboxylic acids is 1. The molecular formula is C5H14Cl2N2O2. The van der Waals surface area contributed by atoms with Gasteiger partial charge in [-0.15, -0.1) is 24.8 Å². The molecule has 0 radical (unpaired) electrons. The SMILES string of the molecule is COC(=O)C(C)(C)NN.Cl.Cl. The lowest BCUT2D eigenvalue weighted by Crippen LogP contribution is -2.51. The van der Waals surface area contributed by atoms with Gasteiger partial charge >= 0.3 is 5.97 Å². The van der Waals surface area contributed by atoms with Gasteiger partial charge < -0.3 is 4.74 Å². The molecule has 0 aliphatic carbocycles. The van der Waals surface area contributed by atoms with Crippen molar-refractivity contribution in [2.45, 2.75) is 19.4 Å². The highest BCUT2D eigenvalue weighted by molar-refractivity contribution is 5.85. The molecule has 0 aliphatic heterocycles. The zero-order valence-electron chi connectivity index (χ0n) is 6.71. The third kappa shape index (κ3) is 5.26. The molecule has 0 aromatic heterocycles. The van der Waals surface area contributed by atoms with E-state index >= 15 is 0 Å². The van der Waals surface area contributed by atoms with E-state index in [0.717, 1.165) is 0 Å². The Kier molecular flexibility index (Phi) is 10.4. The van der Waals surface area contributed by atoms with Crippen LogP contribution in [0.1, 0.15) is 13.8 Å². The molecular weight excluding hydrogens is 191 g/mol. The molecule has 0 rings (SSSR count). The topological polar surface area (TPSA) is 64.3 Å². The van der Waals surface area contributed by atoms with Crippen molar-refractivity contribution in [1.29, 1.82) is 0 Å². The molecule has 4 nitrogen and oxygen atoms in total. The van der Waals surface area contributed by atoms with Gasteiger partial charge in [-0.2, -0.15) is 0 Å². The molecule has 0 saturated heterocycles. The van der Waals surface area contributed by atoms with Gasteiger partial charge in [-0.1, -0.05) is 0 Å². The molecule has 0 heterocycles. The van der Waals surface area contributed by atoms with Crippen LogP contribution in [0.3, 0.4) is 0 Å². The first-order valence-corrected chi connectivity index (χ1v) is 2.61. The van der Waals surface area contributed by atoms with Gasteiger partial charge in [-0.05, 0) is 13.8 Å². The van der Waals surface area contributed by atoms with E-state index in [0.29, 0.717) is 0 Å². The van der Waals surface area contributed by atoms with Gasteiger partial charge in [0.05, 0.1) is 7.11 Å². The molecule has 0 aromatic carbocycles. The van der Waals surface area contributed by atoms with Gasteiger partial charge in [-0.3, -0.25) is 10.6 Å². The smallest absolute Gasteiger partial charge is 0.326 e. The maximum absolute atomic E-state index is 10.7. The van der Waals surface area contributed by atoms with Crippen LogP contribution in [0.2, 0.25) is 0 Å². The Morgan fingerprint density at radius 3 is 1.91 bits per heavy atom. The normalized spacial score (nSPS) is 9.09. The molecule has 0 aromatic rings. The highest BCUT2D eigenvalue weighted by Gasteiger charge is 2.26. The molecule has 0 aliphatic rings. The number of methoxy groups -OCH3 is 1. The Morgan fingerprint density at radius 2 is 1.82 bits per heavy atom. The van der Waals surface area contributed by atoms with Crippen LogP contribution in [-0.4, -0.2) is 18.6 Å². The van der Waals surface area contributed by atoms with Crippen molar-refractivity contribution >= 4 is 30.8 Å². The first-order valence-electron chi connectivity index (χ1n) is 2.61. The summed E-state index contributed by atoms with van der Waals surface area (Å²) in [5, 5.41) is 0. The van der Waals surface area contributed by atoms with Crippen molar-refractivity contribution in [3.63, 3.8) is 0 Å². The molecule has 0 amide bonds. The van der Waals surface area contributed by atoms with Gasteiger partial charge in [-0.25, -0.2) is 5.43 Å². The van der Waals surface area contributed by atoms with Crippen LogP contribution in [0.25, 0.3) is 0 Å². The van der Waals surface area contributed by atoms with E-state index in [1.165, 1.54) is 7.11 Å². The van der Waals surface area contributed by atoms with E-state index < -0.39 is 5.54 Å². The number of nitrogens with one attached hydrogen (secondary N) is 1. The molecule has 0 fully saturated rings. The Labute approximate surface area is 78.6 Å². The Bertz CT molecular complexity index is 119. The maximum Gasteiger partial charge on any atom is 0.326 e. The first kappa shape index (κ1) is 17.2. The summed E-state index contributed by atoms with van der Waals surface area (Å²) in [6.45, 7) is 3.28. The molecule has 6 heteroatoms. The quantitative estimate of drug-likeness (QED) is 0.385. The van der Waals surface area contributed by atoms with Crippen molar-refractivity contribution in [2.75, 3.05) is 7.11 Å². The lowest BCUT2D eigenvalue weighted by molar-refractivity contribution is -0.147. The summed E-state index contributed by atoms with van der Waals surface area (Å²) in [5.41, 5.74) is 1.53. The van der Waals surface area contributed by atoms with Gasteiger partial charge in [0.25, 0.3) is 0 Å². The van der Waals surface area contributed by atoms with E-state index in [1.807, 2.05) is 0 Å². The second-order valence-corrected chi connectivity index (χ2v) is 2.26. The summed E-state index contributed by atoms with van der Waals surface area (Å²) < 4.78 is 4.42. The number of ether oxygens (including phenoxy) is 1. The van der Waals surface area contributed by atoms with Crippen LogP contribution in [0.5, 0.6) is 0 Å². The van der Waals surface area contributed by atoms with E-state index in [-0.39, 0.29) is 30.8 Å². The lowest BCUT2D eigenvalue weighted by Gasteiger charge is -2.19. The third-order valence-corrected chi connectivity index (χ3v) is 1.06. The summed E-state index contributed by atoms with van der Waals surface area (Å²) in [4.78, 5) is 10.7. The average Bonchev–Trinajstić information content (AvgIpc) is 1.86. The van der Waals surface area contributed by atoms with Crippen molar-refractivity contribution < 1.29 is 9.53 Å². The van der Waals surface area contributed by atoms with Crippen molar-refractivity contribution in [3.05, 3.63) is 0 Å². The zero-order chi connectivity index (χ0) is 7.49. The maximum atomic E-state index is 10.7. The highest BCUT2D eigenvalue weighted by atomic mass is 35.5. The third-order valence-electron chi connectivity index (χ3n) is 1.06. The average molecular weight is 205 g/mol. The largest absolute Gasteiger partial charge is 0.468 e. The van der Waals surface area contributed by atoms with E-state index in [4.69, 9.17) is 5.84 Å². The Hall–Kier alpha value is -0.0300. The van der Waals surface area contributed by atoms with Crippen molar-refractivity contribution in [1.82, 2.24) is 5.43 Å². The fraction of sp³-hybridized carbons (Fsp3) is 0.800. The van der Waals surface area contributed by atoms with E-state index in [9.17, 15) is 4.79 Å². The minimum atomic E-state index is -0.783. The van der Waals surface area contributed by atoms with Crippen molar-refractivity contribution in [2.24, 2.45) is 5.84 Å². The lowest BCUT2D eigenvalue weighted by atomic mass is 10.1. The van der Waals surface area contributed by atoms with Crippen LogP contribution in [0, 0.1) is 0 Å². The molecule has 11 heavy (non-hydrogen) atoms. The number of esters is 1. The highest BCUT2D eigenvalue weighted by Crippen LogP contribution is 2.00. The van der Waals surface area contributed by atoms with Gasteiger partial charge in [0.2, 0.25) is 0 Å². The summed E-state index contributed by atoms with van der Waals surface area (Å²) in [6, 6.07) is 0. The van der Waals surface area contributed by atoms with Crippen LogP contribution in [0.4, 0.5) is 0 Å². The minimum Gasteiger partial charge on any atom is -0.468 e. The standard InChI is InChI=1S/C5H12N2O2.2ClH/c1-5(2,7-6)4(8)9-3;;/h7H,6H2,1-3H3;2*1H. The minimum absolute atomic E-state index is 0. The predicted octanol–water partition coefficient (Wildman–Crippen LogP) is 0.245. The van der Waals surface area contributed by atoms with E-state index in [2.05, 4.69) is 10.2 Å². The number of hydrogen-bond acceptors (Lipinski definition) is 4. The Morgan fingerprint density at radius 1 is 1.45 bits per heavy atom. The second-order valence-electron chi connectivity index (χ2n) is 2.26. The van der Waals surface area contributed by atoms with Crippen molar-refractivity contribution in [3.8, 4) is 0 Å². The molecule has 0 unspecified atom stereocenters. The summed E-state index contributed by atoms with van der Waals surface area (Å²) in [6.07, 6.45) is 0. The van der Waals surface area contributed by atoms with Crippen LogP contribution < -0.4 is 11.3 Å². The number of rotatable bonds is 2. The van der Waals surface area contributed by atoms with E-state index in [1.54, 1.807) is 13.8 Å². The summed E-state index contributed by atoms with van der Waals surface area (Å²) in [5.74, 6) is 4.66. The van der Waals surface area contributed by atoms with Crippen LogP contribution in [0.15, 0.2) is 0 Å².